The lowest BCUT2D eigenvalue weighted by atomic mass is 10.2. The van der Waals surface area contributed by atoms with Gasteiger partial charge in [0.05, 0.1) is 11.6 Å². The van der Waals surface area contributed by atoms with Crippen molar-refractivity contribution in [3.8, 4) is 0 Å². The van der Waals surface area contributed by atoms with Gasteiger partial charge in [-0.05, 0) is 26.4 Å². The average molecular weight is 299 g/mol. The van der Waals surface area contributed by atoms with Crippen LogP contribution in [0.15, 0.2) is 11.6 Å². The molecular weight excluding hydrogens is 280 g/mol. The largest absolute Gasteiger partial charge is 0.357 e. The van der Waals surface area contributed by atoms with Crippen LogP contribution in [0.3, 0.4) is 0 Å². The summed E-state index contributed by atoms with van der Waals surface area (Å²) >= 11 is 7.76. The molecule has 104 valence electrons. The van der Waals surface area contributed by atoms with E-state index in [0.717, 1.165) is 23.0 Å². The lowest BCUT2D eigenvalue weighted by Gasteiger charge is -2.26. The maximum atomic E-state index is 6.11. The molecule has 0 spiro atoms. The summed E-state index contributed by atoms with van der Waals surface area (Å²) in [5, 5.41) is 2.05. The number of thiazole rings is 1. The number of nitrogens with zero attached hydrogens (tertiary/aromatic N) is 4. The van der Waals surface area contributed by atoms with Gasteiger partial charge < -0.3 is 9.80 Å². The predicted octanol–water partition coefficient (Wildman–Crippen LogP) is 2.67. The molecule has 6 heteroatoms. The Morgan fingerprint density at radius 3 is 3.11 bits per heavy atom. The molecule has 4 nitrogen and oxygen atoms in total. The fraction of sp³-hybridized carbons (Fsp3) is 0.615. The monoisotopic (exact) mass is 298 g/mol. The van der Waals surface area contributed by atoms with Gasteiger partial charge >= 0.3 is 0 Å². The second-order valence-electron chi connectivity index (χ2n) is 5.23. The van der Waals surface area contributed by atoms with Crippen molar-refractivity contribution in [1.29, 1.82) is 0 Å². The number of likely N-dealkylation sites (N-methyl/N-ethyl adjacent to an activating group) is 2. The van der Waals surface area contributed by atoms with Gasteiger partial charge in [-0.3, -0.25) is 4.40 Å². The van der Waals surface area contributed by atoms with Crippen LogP contribution in [0.5, 0.6) is 0 Å². The van der Waals surface area contributed by atoms with Crippen LogP contribution < -0.4 is 4.90 Å². The number of hydrogen-bond acceptors (Lipinski definition) is 4. The fourth-order valence-corrected chi connectivity index (χ4v) is 3.84. The van der Waals surface area contributed by atoms with E-state index < -0.39 is 0 Å². The first kappa shape index (κ1) is 13.2. The number of alkyl halides is 1. The lowest BCUT2D eigenvalue weighted by Crippen LogP contribution is -2.37. The summed E-state index contributed by atoms with van der Waals surface area (Å²) in [6.45, 7) is 2.23. The molecule has 0 bridgehead atoms. The van der Waals surface area contributed by atoms with Crippen molar-refractivity contribution in [2.45, 2.75) is 24.8 Å². The Balaban J connectivity index is 1.84. The van der Waals surface area contributed by atoms with E-state index in [4.69, 9.17) is 16.6 Å². The number of hydrogen-bond donors (Lipinski definition) is 0. The Morgan fingerprint density at radius 2 is 2.42 bits per heavy atom. The van der Waals surface area contributed by atoms with E-state index in [1.807, 2.05) is 11.6 Å². The topological polar surface area (TPSA) is 23.8 Å². The van der Waals surface area contributed by atoms with E-state index in [1.165, 1.54) is 19.4 Å². The van der Waals surface area contributed by atoms with Crippen LogP contribution in [0.1, 0.15) is 18.5 Å². The summed E-state index contributed by atoms with van der Waals surface area (Å²) in [7, 11) is 4.33. The summed E-state index contributed by atoms with van der Waals surface area (Å²) in [6.07, 6.45) is 4.62. The lowest BCUT2D eigenvalue weighted by molar-refractivity contribution is 0.314. The molecule has 19 heavy (non-hydrogen) atoms. The molecule has 0 N–H and O–H groups in total. The molecule has 3 heterocycles. The van der Waals surface area contributed by atoms with Gasteiger partial charge in [-0.25, -0.2) is 4.98 Å². The maximum Gasteiger partial charge on any atom is 0.195 e. The van der Waals surface area contributed by atoms with Crippen molar-refractivity contribution in [3.63, 3.8) is 0 Å². The highest BCUT2D eigenvalue weighted by atomic mass is 35.5. The normalized spacial score (nSPS) is 20.5. The standard InChI is InChI=1S/C13H19ClN4S/c1-16-5-3-4-10(16)9-17(2)12-11(8-14)18-6-7-19-13(18)15-12/h6-7,10H,3-5,8-9H2,1-2H3. The number of imidazole rings is 1. The van der Waals surface area contributed by atoms with Gasteiger partial charge in [-0.15, -0.1) is 22.9 Å². The van der Waals surface area contributed by atoms with Crippen LogP contribution in [0, 0.1) is 0 Å². The van der Waals surface area contributed by atoms with Crippen LogP contribution in [0.2, 0.25) is 0 Å². The van der Waals surface area contributed by atoms with Crippen molar-refractivity contribution in [3.05, 3.63) is 17.3 Å². The summed E-state index contributed by atoms with van der Waals surface area (Å²) in [6, 6.07) is 0.632. The maximum absolute atomic E-state index is 6.11. The number of rotatable bonds is 4. The van der Waals surface area contributed by atoms with Crippen LogP contribution in [-0.2, 0) is 5.88 Å². The second kappa shape index (κ2) is 5.31. The van der Waals surface area contributed by atoms with E-state index in [9.17, 15) is 0 Å². The highest BCUT2D eigenvalue weighted by molar-refractivity contribution is 7.15. The number of fused-ring (bicyclic) bond motifs is 1. The molecule has 1 unspecified atom stereocenters. The quantitative estimate of drug-likeness (QED) is 0.811. The summed E-state index contributed by atoms with van der Waals surface area (Å²) in [4.78, 5) is 10.4. The van der Waals surface area contributed by atoms with E-state index in [2.05, 4.69) is 28.3 Å². The molecule has 0 amide bonds. The van der Waals surface area contributed by atoms with Gasteiger partial charge in [-0.1, -0.05) is 0 Å². The number of likely N-dealkylation sites (tertiary alicyclic amines) is 1. The Kier molecular flexibility index (Phi) is 3.69. The molecule has 1 fully saturated rings. The average Bonchev–Trinajstić information content (AvgIpc) is 3.05. The highest BCUT2D eigenvalue weighted by Gasteiger charge is 2.24. The highest BCUT2D eigenvalue weighted by Crippen LogP contribution is 2.26. The fourth-order valence-electron chi connectivity index (χ4n) is 2.86. The van der Waals surface area contributed by atoms with Crippen molar-refractivity contribution in [2.75, 3.05) is 32.1 Å². The summed E-state index contributed by atoms with van der Waals surface area (Å²) < 4.78 is 2.10. The van der Waals surface area contributed by atoms with Crippen molar-refractivity contribution >= 4 is 33.7 Å². The molecule has 1 aliphatic heterocycles. The molecule has 2 aromatic heterocycles. The van der Waals surface area contributed by atoms with Gasteiger partial charge in [0.2, 0.25) is 0 Å². The van der Waals surface area contributed by atoms with Crippen LogP contribution in [0.4, 0.5) is 5.82 Å². The SMILES string of the molecule is CN(CC1CCCN1C)c1nc2sccn2c1CCl. The first-order valence-corrected chi connectivity index (χ1v) is 8.04. The molecule has 2 aromatic rings. The predicted molar refractivity (Wildman–Crippen MR) is 81.5 cm³/mol. The first-order chi connectivity index (χ1) is 9.20. The van der Waals surface area contributed by atoms with Gasteiger partial charge in [0.25, 0.3) is 0 Å². The molecule has 0 radical (unpaired) electrons. The Labute approximate surface area is 122 Å². The smallest absolute Gasteiger partial charge is 0.195 e. The molecule has 0 aromatic carbocycles. The molecule has 1 saturated heterocycles. The minimum atomic E-state index is 0.498. The number of aromatic nitrogens is 2. The zero-order valence-corrected chi connectivity index (χ0v) is 12.9. The Hall–Kier alpha value is -0.780. The molecule has 0 aliphatic carbocycles. The summed E-state index contributed by atoms with van der Waals surface area (Å²) in [5.41, 5.74) is 1.10. The van der Waals surface area contributed by atoms with Gasteiger partial charge in [0.15, 0.2) is 10.8 Å². The Morgan fingerprint density at radius 1 is 1.58 bits per heavy atom. The third-order valence-corrected chi connectivity index (χ3v) is 4.99. The van der Waals surface area contributed by atoms with E-state index in [-0.39, 0.29) is 0 Å². The van der Waals surface area contributed by atoms with Gasteiger partial charge in [0.1, 0.15) is 0 Å². The first-order valence-electron chi connectivity index (χ1n) is 6.62. The molecule has 0 saturated carbocycles. The summed E-state index contributed by atoms with van der Waals surface area (Å²) in [5.74, 6) is 1.53. The zero-order valence-electron chi connectivity index (χ0n) is 11.3. The van der Waals surface area contributed by atoms with Crippen molar-refractivity contribution in [2.24, 2.45) is 0 Å². The third kappa shape index (κ3) is 2.35. The minimum Gasteiger partial charge on any atom is -0.357 e. The second-order valence-corrected chi connectivity index (χ2v) is 6.37. The minimum absolute atomic E-state index is 0.498. The zero-order chi connectivity index (χ0) is 13.4. The van der Waals surface area contributed by atoms with E-state index in [1.54, 1.807) is 11.3 Å². The molecule has 3 rings (SSSR count). The van der Waals surface area contributed by atoms with Crippen LogP contribution in [0.25, 0.3) is 4.96 Å². The Bertz CT molecular complexity index is 564. The van der Waals surface area contributed by atoms with Crippen molar-refractivity contribution in [1.82, 2.24) is 14.3 Å². The molecule has 1 atom stereocenters. The van der Waals surface area contributed by atoms with Crippen molar-refractivity contribution < 1.29 is 0 Å². The van der Waals surface area contributed by atoms with Crippen LogP contribution >= 0.6 is 22.9 Å². The number of anilines is 1. The van der Waals surface area contributed by atoms with Gasteiger partial charge in [0, 0.05) is 31.2 Å². The van der Waals surface area contributed by atoms with Gasteiger partial charge in [-0.2, -0.15) is 0 Å². The van der Waals surface area contributed by atoms with E-state index >= 15 is 0 Å². The van der Waals surface area contributed by atoms with E-state index in [0.29, 0.717) is 11.9 Å². The van der Waals surface area contributed by atoms with Crippen LogP contribution in [-0.4, -0.2) is 47.5 Å². The molecular formula is C13H19ClN4S. The molecule has 1 aliphatic rings. The number of halogens is 1. The third-order valence-electron chi connectivity index (χ3n) is 3.98.